The summed E-state index contributed by atoms with van der Waals surface area (Å²) in [4.78, 5) is 10.4. The van der Waals surface area contributed by atoms with Gasteiger partial charge in [-0.3, -0.25) is 15.5 Å². The van der Waals surface area contributed by atoms with E-state index in [-0.39, 0.29) is 16.5 Å². The van der Waals surface area contributed by atoms with E-state index in [2.05, 4.69) is 15.8 Å². The Bertz CT molecular complexity index is 736. The molecule has 0 heterocycles. The lowest BCUT2D eigenvalue weighted by molar-refractivity contribution is -0.383. The fourth-order valence-electron chi connectivity index (χ4n) is 1.63. The first-order valence-electron chi connectivity index (χ1n) is 6.16. The maximum Gasteiger partial charge on any atom is 0.292 e. The average molecular weight is 335 g/mol. The second-order valence-corrected chi connectivity index (χ2v) is 4.94. The molecule has 0 unspecified atom stereocenters. The molecule has 0 aliphatic heterocycles. The van der Waals surface area contributed by atoms with Crippen LogP contribution in [0.15, 0.2) is 53.6 Å². The van der Waals surface area contributed by atoms with Gasteiger partial charge in [-0.1, -0.05) is 41.9 Å². The van der Waals surface area contributed by atoms with Crippen LogP contribution in [-0.2, 0) is 0 Å². The lowest BCUT2D eigenvalue weighted by atomic mass is 10.2. The molecule has 22 heavy (non-hydrogen) atoms. The van der Waals surface area contributed by atoms with Crippen LogP contribution >= 0.6 is 23.8 Å². The normalized spacial score (nSPS) is 10.4. The van der Waals surface area contributed by atoms with Crippen LogP contribution in [-0.4, -0.2) is 16.3 Å². The number of hydrogen-bond acceptors (Lipinski definition) is 4. The van der Waals surface area contributed by atoms with Crippen LogP contribution in [0.2, 0.25) is 5.02 Å². The highest BCUT2D eigenvalue weighted by atomic mass is 35.5. The summed E-state index contributed by atoms with van der Waals surface area (Å²) in [5.41, 5.74) is 3.53. The first kappa shape index (κ1) is 15.9. The Kier molecular flexibility index (Phi) is 5.40. The molecule has 0 saturated heterocycles. The SMILES string of the molecule is O=[N+]([O-])c1ccccc1NC(=S)N/N=C\c1ccccc1Cl. The molecule has 0 spiro atoms. The molecule has 0 bridgehead atoms. The van der Waals surface area contributed by atoms with Gasteiger partial charge in [0.2, 0.25) is 0 Å². The number of nitro groups is 1. The first-order chi connectivity index (χ1) is 10.6. The van der Waals surface area contributed by atoms with Crippen LogP contribution in [0.5, 0.6) is 0 Å². The molecular formula is C14H11ClN4O2S. The largest absolute Gasteiger partial charge is 0.326 e. The van der Waals surface area contributed by atoms with Crippen molar-refractivity contribution in [3.05, 3.63) is 69.2 Å². The fraction of sp³-hybridized carbons (Fsp3) is 0. The third-order valence-corrected chi connectivity index (χ3v) is 3.16. The Morgan fingerprint density at radius 2 is 1.91 bits per heavy atom. The summed E-state index contributed by atoms with van der Waals surface area (Å²) in [5.74, 6) is 0. The van der Waals surface area contributed by atoms with E-state index in [9.17, 15) is 10.1 Å². The van der Waals surface area contributed by atoms with E-state index in [0.717, 1.165) is 5.56 Å². The molecule has 0 aromatic heterocycles. The summed E-state index contributed by atoms with van der Waals surface area (Å²) in [6.45, 7) is 0. The second-order valence-electron chi connectivity index (χ2n) is 4.12. The Morgan fingerprint density at radius 1 is 1.23 bits per heavy atom. The Labute approximate surface area is 136 Å². The third-order valence-electron chi connectivity index (χ3n) is 2.62. The van der Waals surface area contributed by atoms with Gasteiger partial charge in [0, 0.05) is 16.7 Å². The molecule has 0 atom stereocenters. The van der Waals surface area contributed by atoms with Crippen LogP contribution in [0.1, 0.15) is 5.56 Å². The summed E-state index contributed by atoms with van der Waals surface area (Å²) < 4.78 is 0. The summed E-state index contributed by atoms with van der Waals surface area (Å²) >= 11 is 11.0. The van der Waals surface area contributed by atoms with Gasteiger partial charge in [-0.05, 0) is 24.4 Å². The number of rotatable bonds is 4. The number of nitrogens with one attached hydrogen (secondary N) is 2. The van der Waals surface area contributed by atoms with Crippen LogP contribution < -0.4 is 10.7 Å². The quantitative estimate of drug-likeness (QED) is 0.387. The number of hydrazone groups is 1. The molecule has 0 saturated carbocycles. The molecule has 0 radical (unpaired) electrons. The highest BCUT2D eigenvalue weighted by Gasteiger charge is 2.12. The van der Waals surface area contributed by atoms with Gasteiger partial charge in [0.1, 0.15) is 5.69 Å². The summed E-state index contributed by atoms with van der Waals surface area (Å²) in [6.07, 6.45) is 1.51. The molecular weight excluding hydrogens is 324 g/mol. The van der Waals surface area contributed by atoms with Crippen LogP contribution in [0, 0.1) is 10.1 Å². The monoisotopic (exact) mass is 334 g/mol. The number of halogens is 1. The number of para-hydroxylation sites is 2. The Hall–Kier alpha value is -2.51. The number of anilines is 1. The zero-order valence-electron chi connectivity index (χ0n) is 11.2. The Morgan fingerprint density at radius 3 is 2.64 bits per heavy atom. The number of hydrogen-bond donors (Lipinski definition) is 2. The maximum absolute atomic E-state index is 10.9. The van der Waals surface area contributed by atoms with Gasteiger partial charge < -0.3 is 5.32 Å². The molecule has 0 aliphatic carbocycles. The molecule has 8 heteroatoms. The molecule has 2 aromatic rings. The highest BCUT2D eigenvalue weighted by molar-refractivity contribution is 7.80. The van der Waals surface area contributed by atoms with E-state index in [4.69, 9.17) is 23.8 Å². The van der Waals surface area contributed by atoms with Gasteiger partial charge in [-0.15, -0.1) is 0 Å². The van der Waals surface area contributed by atoms with Gasteiger partial charge in [-0.25, -0.2) is 0 Å². The molecule has 112 valence electrons. The number of nitro benzene ring substituents is 1. The van der Waals surface area contributed by atoms with Crippen LogP contribution in [0.4, 0.5) is 11.4 Å². The van der Waals surface area contributed by atoms with E-state index in [1.165, 1.54) is 12.3 Å². The minimum absolute atomic E-state index is 0.0678. The second kappa shape index (κ2) is 7.48. The predicted octanol–water partition coefficient (Wildman–Crippen LogP) is 3.57. The highest BCUT2D eigenvalue weighted by Crippen LogP contribution is 2.22. The summed E-state index contributed by atoms with van der Waals surface area (Å²) in [7, 11) is 0. The van der Waals surface area contributed by atoms with Gasteiger partial charge in [0.15, 0.2) is 5.11 Å². The van der Waals surface area contributed by atoms with Crippen molar-refractivity contribution in [1.82, 2.24) is 5.43 Å². The van der Waals surface area contributed by atoms with E-state index in [1.807, 2.05) is 12.1 Å². The molecule has 6 nitrogen and oxygen atoms in total. The number of thiocarbonyl (C=S) groups is 1. The van der Waals surface area contributed by atoms with E-state index < -0.39 is 4.92 Å². The third kappa shape index (κ3) is 4.24. The molecule has 2 rings (SSSR count). The van der Waals surface area contributed by atoms with E-state index >= 15 is 0 Å². The minimum Gasteiger partial charge on any atom is -0.326 e. The van der Waals surface area contributed by atoms with Gasteiger partial charge >= 0.3 is 0 Å². The van der Waals surface area contributed by atoms with Crippen LogP contribution in [0.25, 0.3) is 0 Å². The smallest absolute Gasteiger partial charge is 0.292 e. The molecule has 2 N–H and O–H groups in total. The topological polar surface area (TPSA) is 79.6 Å². The van der Waals surface area contributed by atoms with E-state index in [1.54, 1.807) is 30.3 Å². The Balaban J connectivity index is 2.00. The lowest BCUT2D eigenvalue weighted by Gasteiger charge is -2.07. The van der Waals surface area contributed by atoms with Crippen molar-refractivity contribution in [3.63, 3.8) is 0 Å². The average Bonchev–Trinajstić information content (AvgIpc) is 2.49. The van der Waals surface area contributed by atoms with Crippen molar-refractivity contribution < 1.29 is 4.92 Å². The molecule has 0 fully saturated rings. The fourth-order valence-corrected chi connectivity index (χ4v) is 1.98. The molecule has 0 aliphatic rings. The van der Waals surface area contributed by atoms with Crippen molar-refractivity contribution in [2.45, 2.75) is 0 Å². The van der Waals surface area contributed by atoms with Crippen molar-refractivity contribution in [2.24, 2.45) is 5.10 Å². The summed E-state index contributed by atoms with van der Waals surface area (Å²) in [5, 5.41) is 18.3. The molecule has 0 amide bonds. The van der Waals surface area contributed by atoms with Crippen molar-refractivity contribution in [2.75, 3.05) is 5.32 Å². The van der Waals surface area contributed by atoms with Crippen LogP contribution in [0.3, 0.4) is 0 Å². The lowest BCUT2D eigenvalue weighted by Crippen LogP contribution is -2.24. The van der Waals surface area contributed by atoms with E-state index in [0.29, 0.717) is 5.02 Å². The standard InChI is InChI=1S/C14H11ClN4O2S/c15-11-6-2-1-5-10(11)9-16-18-14(22)17-12-7-3-4-8-13(12)19(20)21/h1-9H,(H2,17,18,22)/b16-9-. The van der Waals surface area contributed by atoms with Crippen molar-refractivity contribution in [1.29, 1.82) is 0 Å². The van der Waals surface area contributed by atoms with Crippen molar-refractivity contribution in [3.8, 4) is 0 Å². The predicted molar refractivity (Wildman–Crippen MR) is 91.5 cm³/mol. The first-order valence-corrected chi connectivity index (χ1v) is 6.94. The number of benzene rings is 2. The van der Waals surface area contributed by atoms with Gasteiger partial charge in [0.05, 0.1) is 11.1 Å². The van der Waals surface area contributed by atoms with Gasteiger partial charge in [0.25, 0.3) is 5.69 Å². The number of nitrogens with zero attached hydrogens (tertiary/aromatic N) is 2. The molecule has 2 aromatic carbocycles. The minimum atomic E-state index is -0.488. The van der Waals surface area contributed by atoms with Gasteiger partial charge in [-0.2, -0.15) is 5.10 Å². The zero-order valence-corrected chi connectivity index (χ0v) is 12.8. The zero-order chi connectivity index (χ0) is 15.9. The summed E-state index contributed by atoms with van der Waals surface area (Å²) in [6, 6.07) is 13.4. The van der Waals surface area contributed by atoms with Crippen molar-refractivity contribution >= 4 is 46.5 Å². The maximum atomic E-state index is 10.9.